The minimum atomic E-state index is -1.17. The van der Waals surface area contributed by atoms with E-state index in [1.165, 1.54) is 4.80 Å². The van der Waals surface area contributed by atoms with Gasteiger partial charge in [-0.2, -0.15) is 0 Å². The van der Waals surface area contributed by atoms with Crippen LogP contribution < -0.4 is 4.74 Å². The van der Waals surface area contributed by atoms with Gasteiger partial charge in [-0.15, -0.1) is 15.0 Å². The van der Waals surface area contributed by atoms with Gasteiger partial charge in [-0.05, 0) is 47.4 Å². The highest BCUT2D eigenvalue weighted by atomic mass is 79.9. The first kappa shape index (κ1) is 21.1. The molecule has 0 aliphatic heterocycles. The summed E-state index contributed by atoms with van der Waals surface area (Å²) in [5.41, 5.74) is 3.58. The molecule has 158 valence electrons. The standard InChI is InChI=1S/C24H22BrN3O3/c1-24(2,3)16-10-13-21(31-22(23(29)30)15-8-11-17(25)12-9-15)20(14-16)28-26-18-6-4-5-7-19(18)27-28/h4-14,22H,1-3H3,(H,29,30). The van der Waals surface area contributed by atoms with Crippen LogP contribution in [-0.4, -0.2) is 26.1 Å². The van der Waals surface area contributed by atoms with E-state index in [9.17, 15) is 9.90 Å². The molecule has 0 spiro atoms. The molecular weight excluding hydrogens is 458 g/mol. The van der Waals surface area contributed by atoms with E-state index in [-0.39, 0.29) is 5.41 Å². The Morgan fingerprint density at radius 1 is 1.00 bits per heavy atom. The molecule has 1 N–H and O–H groups in total. The number of halogens is 1. The molecule has 4 aromatic rings. The number of carbonyl (C=O) groups is 1. The van der Waals surface area contributed by atoms with Crippen molar-refractivity contribution in [3.63, 3.8) is 0 Å². The molecule has 31 heavy (non-hydrogen) atoms. The summed E-state index contributed by atoms with van der Waals surface area (Å²) in [7, 11) is 0. The number of aromatic nitrogens is 3. The molecule has 0 saturated heterocycles. The minimum Gasteiger partial charge on any atom is -0.478 e. The molecule has 0 amide bonds. The molecule has 0 aliphatic rings. The van der Waals surface area contributed by atoms with E-state index in [4.69, 9.17) is 4.74 Å². The monoisotopic (exact) mass is 479 g/mol. The van der Waals surface area contributed by atoms with Crippen molar-refractivity contribution in [2.24, 2.45) is 0 Å². The third kappa shape index (κ3) is 4.46. The third-order valence-electron chi connectivity index (χ3n) is 4.97. The number of fused-ring (bicyclic) bond motifs is 1. The molecule has 0 fully saturated rings. The van der Waals surface area contributed by atoms with Gasteiger partial charge in [-0.1, -0.05) is 67.0 Å². The van der Waals surface area contributed by atoms with E-state index in [1.54, 1.807) is 30.3 Å². The lowest BCUT2D eigenvalue weighted by molar-refractivity contribution is -0.145. The number of benzene rings is 3. The lowest BCUT2D eigenvalue weighted by Gasteiger charge is -2.22. The quantitative estimate of drug-likeness (QED) is 0.398. The highest BCUT2D eigenvalue weighted by molar-refractivity contribution is 9.10. The summed E-state index contributed by atoms with van der Waals surface area (Å²) in [4.78, 5) is 13.5. The van der Waals surface area contributed by atoms with Crippen LogP contribution in [0.1, 0.15) is 38.0 Å². The van der Waals surface area contributed by atoms with Gasteiger partial charge in [0.25, 0.3) is 0 Å². The van der Waals surface area contributed by atoms with E-state index in [0.29, 0.717) is 17.0 Å². The molecule has 6 nitrogen and oxygen atoms in total. The van der Waals surface area contributed by atoms with Gasteiger partial charge >= 0.3 is 5.97 Å². The maximum absolute atomic E-state index is 12.0. The summed E-state index contributed by atoms with van der Waals surface area (Å²) in [5, 5.41) is 19.0. The number of nitrogens with zero attached hydrogens (tertiary/aromatic N) is 3. The molecule has 0 bridgehead atoms. The lowest BCUT2D eigenvalue weighted by atomic mass is 9.87. The topological polar surface area (TPSA) is 77.2 Å². The minimum absolute atomic E-state index is 0.113. The highest BCUT2D eigenvalue weighted by Gasteiger charge is 2.25. The van der Waals surface area contributed by atoms with Crippen LogP contribution in [-0.2, 0) is 10.2 Å². The first-order valence-corrected chi connectivity index (χ1v) is 10.6. The third-order valence-corrected chi connectivity index (χ3v) is 5.50. The molecular formula is C24H22BrN3O3. The average molecular weight is 480 g/mol. The maximum Gasteiger partial charge on any atom is 0.349 e. The summed E-state index contributed by atoms with van der Waals surface area (Å²) < 4.78 is 6.90. The van der Waals surface area contributed by atoms with Crippen LogP contribution in [0.5, 0.6) is 5.75 Å². The molecule has 1 unspecified atom stereocenters. The fourth-order valence-corrected chi connectivity index (χ4v) is 3.50. The van der Waals surface area contributed by atoms with Crippen molar-refractivity contribution in [2.45, 2.75) is 32.3 Å². The summed E-state index contributed by atoms with van der Waals surface area (Å²) in [6.45, 7) is 6.34. The number of carboxylic acid groups (broad SMARTS) is 1. The summed E-state index contributed by atoms with van der Waals surface area (Å²) in [6.07, 6.45) is -1.17. The average Bonchev–Trinajstić information content (AvgIpc) is 3.16. The molecule has 1 aromatic heterocycles. The van der Waals surface area contributed by atoms with Gasteiger partial charge in [-0.3, -0.25) is 0 Å². The molecule has 1 atom stereocenters. The van der Waals surface area contributed by atoms with Crippen LogP contribution in [0, 0.1) is 0 Å². The highest BCUT2D eigenvalue weighted by Crippen LogP contribution is 2.33. The van der Waals surface area contributed by atoms with Crippen LogP contribution in [0.3, 0.4) is 0 Å². The fraction of sp³-hybridized carbons (Fsp3) is 0.208. The first-order valence-electron chi connectivity index (χ1n) is 9.84. The van der Waals surface area contributed by atoms with Gasteiger partial charge in [0.1, 0.15) is 22.5 Å². The van der Waals surface area contributed by atoms with Crippen LogP contribution in [0.2, 0.25) is 0 Å². The van der Waals surface area contributed by atoms with Crippen molar-refractivity contribution in [3.05, 3.63) is 82.3 Å². The van der Waals surface area contributed by atoms with Gasteiger partial charge in [0.15, 0.2) is 0 Å². The van der Waals surface area contributed by atoms with E-state index in [2.05, 4.69) is 46.9 Å². The number of ether oxygens (including phenoxy) is 1. The van der Waals surface area contributed by atoms with Crippen molar-refractivity contribution in [2.75, 3.05) is 0 Å². The molecule has 7 heteroatoms. The molecule has 1 heterocycles. The van der Waals surface area contributed by atoms with Gasteiger partial charge in [-0.25, -0.2) is 4.79 Å². The zero-order valence-corrected chi connectivity index (χ0v) is 19.0. The van der Waals surface area contributed by atoms with Crippen molar-refractivity contribution in [1.29, 1.82) is 0 Å². The predicted octanol–water partition coefficient (Wildman–Crippen LogP) is 5.69. The van der Waals surface area contributed by atoms with Gasteiger partial charge in [0.2, 0.25) is 6.10 Å². The van der Waals surface area contributed by atoms with E-state index < -0.39 is 12.1 Å². The Balaban J connectivity index is 1.82. The number of hydrogen-bond acceptors (Lipinski definition) is 4. The second kappa shape index (κ2) is 8.15. The largest absolute Gasteiger partial charge is 0.478 e. The van der Waals surface area contributed by atoms with Crippen molar-refractivity contribution in [1.82, 2.24) is 15.0 Å². The van der Waals surface area contributed by atoms with E-state index in [1.807, 2.05) is 36.4 Å². The van der Waals surface area contributed by atoms with Crippen molar-refractivity contribution < 1.29 is 14.6 Å². The number of aliphatic carboxylic acids is 1. The Kier molecular flexibility index (Phi) is 5.54. The summed E-state index contributed by atoms with van der Waals surface area (Å²) >= 11 is 3.38. The SMILES string of the molecule is CC(C)(C)c1ccc(OC(C(=O)O)c2ccc(Br)cc2)c(-n2nc3ccccc3n2)c1. The van der Waals surface area contributed by atoms with Gasteiger partial charge in [0.05, 0.1) is 0 Å². The Morgan fingerprint density at radius 2 is 1.61 bits per heavy atom. The van der Waals surface area contributed by atoms with Crippen LogP contribution in [0.25, 0.3) is 16.7 Å². The summed E-state index contributed by atoms with van der Waals surface area (Å²) in [5.74, 6) is -0.685. The number of carboxylic acids is 1. The predicted molar refractivity (Wildman–Crippen MR) is 123 cm³/mol. The number of rotatable bonds is 5. The maximum atomic E-state index is 12.0. The summed E-state index contributed by atoms with van der Waals surface area (Å²) in [6, 6.07) is 20.3. The van der Waals surface area contributed by atoms with Crippen molar-refractivity contribution in [3.8, 4) is 11.4 Å². The molecule has 0 aliphatic carbocycles. The smallest absolute Gasteiger partial charge is 0.349 e. The second-order valence-corrected chi connectivity index (χ2v) is 9.21. The van der Waals surface area contributed by atoms with E-state index >= 15 is 0 Å². The van der Waals surface area contributed by atoms with Gasteiger partial charge in [0, 0.05) is 10.0 Å². The lowest BCUT2D eigenvalue weighted by Crippen LogP contribution is -2.20. The molecule has 0 radical (unpaired) electrons. The number of hydrogen-bond donors (Lipinski definition) is 1. The van der Waals surface area contributed by atoms with Crippen LogP contribution >= 0.6 is 15.9 Å². The Hall–Kier alpha value is -3.19. The zero-order chi connectivity index (χ0) is 22.2. The molecule has 0 saturated carbocycles. The second-order valence-electron chi connectivity index (χ2n) is 8.30. The Bertz CT molecular complexity index is 1210. The molecule has 3 aromatic carbocycles. The van der Waals surface area contributed by atoms with Crippen LogP contribution in [0.4, 0.5) is 0 Å². The van der Waals surface area contributed by atoms with Gasteiger partial charge < -0.3 is 9.84 Å². The zero-order valence-electron chi connectivity index (χ0n) is 17.4. The Morgan fingerprint density at radius 3 is 2.16 bits per heavy atom. The fourth-order valence-electron chi connectivity index (χ4n) is 3.23. The molecule has 4 rings (SSSR count). The first-order chi connectivity index (χ1) is 14.7. The van der Waals surface area contributed by atoms with E-state index in [0.717, 1.165) is 21.1 Å². The van der Waals surface area contributed by atoms with Crippen LogP contribution in [0.15, 0.2) is 71.2 Å². The Labute approximate surface area is 188 Å². The van der Waals surface area contributed by atoms with Crippen molar-refractivity contribution >= 4 is 32.9 Å². The normalized spacial score (nSPS) is 12.6.